The van der Waals surface area contributed by atoms with Crippen LogP contribution in [0, 0.1) is 11.6 Å². The molecule has 2 fully saturated rings. The molecule has 1 aromatic heterocycles. The number of hydrogen-bond donors (Lipinski definition) is 1. The maximum atomic E-state index is 15.5. The normalized spacial score (nSPS) is 18.2. The fourth-order valence-corrected chi connectivity index (χ4v) is 3.98. The Labute approximate surface area is 161 Å². The first-order valence-electron chi connectivity index (χ1n) is 9.58. The molecule has 150 valence electrons. The molecule has 4 rings (SSSR count). The van der Waals surface area contributed by atoms with E-state index in [0.717, 1.165) is 18.9 Å². The lowest BCUT2D eigenvalue weighted by Gasteiger charge is -2.38. The zero-order valence-electron chi connectivity index (χ0n) is 15.9. The summed E-state index contributed by atoms with van der Waals surface area (Å²) in [6.45, 7) is 6.53. The Kier molecular flexibility index (Phi) is 4.61. The van der Waals surface area contributed by atoms with Crippen LogP contribution in [0.25, 0.3) is 10.9 Å². The maximum absolute atomic E-state index is 15.5. The monoisotopic (exact) mass is 391 g/mol. The smallest absolute Gasteiger partial charge is 0.341 e. The molecule has 2 aliphatic rings. The van der Waals surface area contributed by atoms with Crippen LogP contribution in [0.1, 0.15) is 43.1 Å². The van der Waals surface area contributed by atoms with Crippen LogP contribution in [-0.2, 0) is 0 Å². The maximum Gasteiger partial charge on any atom is 0.341 e. The van der Waals surface area contributed by atoms with Crippen molar-refractivity contribution < 1.29 is 18.7 Å². The van der Waals surface area contributed by atoms with Crippen LogP contribution in [0.4, 0.5) is 14.5 Å². The Bertz CT molecular complexity index is 1010. The SMILES string of the molecule is CC(C)N1CCN(c2c(F)cc3c(=O)c(C(=O)O)cn(C4CC4)c3c2F)CC1. The molecule has 28 heavy (non-hydrogen) atoms. The molecule has 1 aliphatic carbocycles. The molecule has 8 heteroatoms. The van der Waals surface area contributed by atoms with Crippen molar-refractivity contribution in [3.8, 4) is 0 Å². The van der Waals surface area contributed by atoms with E-state index in [0.29, 0.717) is 32.2 Å². The second-order valence-corrected chi connectivity index (χ2v) is 7.85. The van der Waals surface area contributed by atoms with Crippen molar-refractivity contribution in [2.75, 3.05) is 31.1 Å². The average molecular weight is 391 g/mol. The van der Waals surface area contributed by atoms with Gasteiger partial charge in [0.2, 0.25) is 5.43 Å². The molecule has 0 amide bonds. The van der Waals surface area contributed by atoms with Crippen molar-refractivity contribution in [3.05, 3.63) is 39.7 Å². The van der Waals surface area contributed by atoms with Crippen LogP contribution in [0.15, 0.2) is 17.1 Å². The van der Waals surface area contributed by atoms with Gasteiger partial charge in [0.15, 0.2) is 5.82 Å². The topological polar surface area (TPSA) is 65.8 Å². The van der Waals surface area contributed by atoms with E-state index in [2.05, 4.69) is 18.7 Å². The van der Waals surface area contributed by atoms with Gasteiger partial charge in [-0.2, -0.15) is 0 Å². The zero-order valence-corrected chi connectivity index (χ0v) is 15.9. The van der Waals surface area contributed by atoms with E-state index in [1.165, 1.54) is 10.8 Å². The number of aromatic nitrogens is 1. The Morgan fingerprint density at radius 2 is 1.82 bits per heavy atom. The highest BCUT2D eigenvalue weighted by Gasteiger charge is 2.31. The van der Waals surface area contributed by atoms with E-state index in [9.17, 15) is 19.1 Å². The molecule has 1 saturated heterocycles. The minimum absolute atomic E-state index is 0.000175. The predicted molar refractivity (Wildman–Crippen MR) is 102 cm³/mol. The summed E-state index contributed by atoms with van der Waals surface area (Å²) in [6.07, 6.45) is 2.75. The third-order valence-corrected chi connectivity index (χ3v) is 5.72. The fraction of sp³-hybridized carbons (Fsp3) is 0.500. The summed E-state index contributed by atoms with van der Waals surface area (Å²) in [5.74, 6) is -3.00. The number of piperazine rings is 1. The highest BCUT2D eigenvalue weighted by atomic mass is 19.1. The molecule has 0 radical (unpaired) electrons. The predicted octanol–water partition coefficient (Wildman–Crippen LogP) is 2.84. The number of anilines is 1. The van der Waals surface area contributed by atoms with E-state index in [-0.39, 0.29) is 22.6 Å². The number of carboxylic acid groups (broad SMARTS) is 1. The van der Waals surface area contributed by atoms with Crippen LogP contribution in [0.5, 0.6) is 0 Å². The second kappa shape index (κ2) is 6.84. The summed E-state index contributed by atoms with van der Waals surface area (Å²) >= 11 is 0. The standard InChI is InChI=1S/C20H23F2N3O3/c1-11(2)23-5-7-24(8-6-23)18-15(21)9-13-17(16(18)22)25(12-3-4-12)10-14(19(13)26)20(27)28/h9-12H,3-8H2,1-2H3,(H,27,28). The number of hydrogen-bond acceptors (Lipinski definition) is 4. The summed E-state index contributed by atoms with van der Waals surface area (Å²) in [4.78, 5) is 27.9. The largest absolute Gasteiger partial charge is 0.477 e. The summed E-state index contributed by atoms with van der Waals surface area (Å²) in [6, 6.07) is 1.30. The lowest BCUT2D eigenvalue weighted by Crippen LogP contribution is -2.49. The first kappa shape index (κ1) is 18.9. The Morgan fingerprint density at radius 1 is 1.18 bits per heavy atom. The van der Waals surface area contributed by atoms with E-state index >= 15 is 4.39 Å². The summed E-state index contributed by atoms with van der Waals surface area (Å²) in [5, 5.41) is 9.09. The molecule has 1 saturated carbocycles. The van der Waals surface area contributed by atoms with Crippen LogP contribution in [0.2, 0.25) is 0 Å². The number of carbonyl (C=O) groups is 1. The molecule has 1 aromatic carbocycles. The van der Waals surface area contributed by atoms with Crippen LogP contribution >= 0.6 is 0 Å². The average Bonchev–Trinajstić information content (AvgIpc) is 3.47. The first-order valence-corrected chi connectivity index (χ1v) is 9.58. The van der Waals surface area contributed by atoms with Gasteiger partial charge in [0, 0.05) is 44.5 Å². The van der Waals surface area contributed by atoms with E-state index in [4.69, 9.17) is 0 Å². The fourth-order valence-electron chi connectivity index (χ4n) is 3.98. The molecular weight excluding hydrogens is 368 g/mol. The Morgan fingerprint density at radius 3 is 2.36 bits per heavy atom. The van der Waals surface area contributed by atoms with Gasteiger partial charge < -0.3 is 14.6 Å². The number of halogens is 2. The van der Waals surface area contributed by atoms with Crippen molar-refractivity contribution in [2.24, 2.45) is 0 Å². The molecular formula is C20H23F2N3O3. The highest BCUT2D eigenvalue weighted by Crippen LogP contribution is 2.39. The minimum atomic E-state index is -1.39. The first-order chi connectivity index (χ1) is 13.3. The number of aromatic carboxylic acids is 1. The molecule has 0 atom stereocenters. The lowest BCUT2D eigenvalue weighted by molar-refractivity contribution is 0.0694. The quantitative estimate of drug-likeness (QED) is 0.868. The van der Waals surface area contributed by atoms with Gasteiger partial charge in [0.1, 0.15) is 17.1 Å². The second-order valence-electron chi connectivity index (χ2n) is 7.85. The molecule has 1 aliphatic heterocycles. The van der Waals surface area contributed by atoms with Gasteiger partial charge in [0.25, 0.3) is 0 Å². The van der Waals surface area contributed by atoms with Gasteiger partial charge in [-0.1, -0.05) is 0 Å². The number of fused-ring (bicyclic) bond motifs is 1. The van der Waals surface area contributed by atoms with Gasteiger partial charge in [-0.25, -0.2) is 13.6 Å². The van der Waals surface area contributed by atoms with Gasteiger partial charge >= 0.3 is 5.97 Å². The third kappa shape index (κ3) is 3.05. The number of rotatable bonds is 4. The van der Waals surface area contributed by atoms with Gasteiger partial charge in [-0.3, -0.25) is 9.69 Å². The van der Waals surface area contributed by atoms with Gasteiger partial charge in [-0.05, 0) is 32.8 Å². The number of benzene rings is 1. The molecule has 0 spiro atoms. The molecule has 6 nitrogen and oxygen atoms in total. The van der Waals surface area contributed by atoms with Crippen molar-refractivity contribution >= 4 is 22.6 Å². The molecule has 1 N–H and O–H groups in total. The number of nitrogens with zero attached hydrogens (tertiary/aromatic N) is 3. The Balaban J connectivity index is 1.86. The number of pyridine rings is 1. The van der Waals surface area contributed by atoms with Crippen molar-refractivity contribution in [1.82, 2.24) is 9.47 Å². The third-order valence-electron chi connectivity index (χ3n) is 5.72. The summed E-state index contributed by atoms with van der Waals surface area (Å²) < 4.78 is 31.9. The van der Waals surface area contributed by atoms with Crippen LogP contribution in [-0.4, -0.2) is 52.8 Å². The summed E-state index contributed by atoms with van der Waals surface area (Å²) in [5.41, 5.74) is -1.45. The molecule has 0 bridgehead atoms. The summed E-state index contributed by atoms with van der Waals surface area (Å²) in [7, 11) is 0. The van der Waals surface area contributed by atoms with Crippen molar-refractivity contribution in [2.45, 2.75) is 38.8 Å². The lowest BCUT2D eigenvalue weighted by atomic mass is 10.1. The van der Waals surface area contributed by atoms with Crippen molar-refractivity contribution in [3.63, 3.8) is 0 Å². The van der Waals surface area contributed by atoms with E-state index in [1.54, 1.807) is 4.90 Å². The molecule has 0 unspecified atom stereocenters. The zero-order chi connectivity index (χ0) is 20.2. The van der Waals surface area contributed by atoms with Crippen LogP contribution < -0.4 is 10.3 Å². The highest BCUT2D eigenvalue weighted by molar-refractivity contribution is 5.94. The Hall–Kier alpha value is -2.48. The minimum Gasteiger partial charge on any atom is -0.477 e. The number of carboxylic acids is 1. The molecule has 2 heterocycles. The molecule has 2 aromatic rings. The van der Waals surface area contributed by atoms with Gasteiger partial charge in [-0.15, -0.1) is 0 Å². The van der Waals surface area contributed by atoms with E-state index in [1.807, 2.05) is 0 Å². The van der Waals surface area contributed by atoms with Crippen LogP contribution in [0.3, 0.4) is 0 Å². The van der Waals surface area contributed by atoms with E-state index < -0.39 is 28.6 Å². The van der Waals surface area contributed by atoms with Crippen molar-refractivity contribution in [1.29, 1.82) is 0 Å². The van der Waals surface area contributed by atoms with Gasteiger partial charge in [0.05, 0.1) is 10.9 Å².